The van der Waals surface area contributed by atoms with E-state index < -0.39 is 0 Å². The summed E-state index contributed by atoms with van der Waals surface area (Å²) in [5.74, 6) is 0.468. The predicted octanol–water partition coefficient (Wildman–Crippen LogP) is 3.47. The fraction of sp³-hybridized carbons (Fsp3) is 0.133. The standard InChI is InChI=1S/C15H15NO2/c1-10-7-12(8-11(2)15(10)18)9-16-13-5-3-4-6-14(13)17/h3-9,17-18H,1-2H3. The Bertz CT molecular complexity index is 580. The largest absolute Gasteiger partial charge is 0.507 e. The van der Waals surface area contributed by atoms with E-state index in [4.69, 9.17) is 0 Å². The maximum atomic E-state index is 9.68. The zero-order chi connectivity index (χ0) is 13.1. The van der Waals surface area contributed by atoms with Crippen molar-refractivity contribution in [3.8, 4) is 11.5 Å². The molecule has 2 aromatic carbocycles. The molecule has 18 heavy (non-hydrogen) atoms. The molecule has 0 fully saturated rings. The van der Waals surface area contributed by atoms with Gasteiger partial charge < -0.3 is 10.2 Å². The van der Waals surface area contributed by atoms with Crippen LogP contribution in [0.25, 0.3) is 0 Å². The van der Waals surface area contributed by atoms with Crippen molar-refractivity contribution in [2.45, 2.75) is 13.8 Å². The topological polar surface area (TPSA) is 52.8 Å². The first-order valence-electron chi connectivity index (χ1n) is 5.70. The van der Waals surface area contributed by atoms with Gasteiger partial charge in [-0.1, -0.05) is 12.1 Å². The number of aryl methyl sites for hydroxylation is 2. The molecule has 0 radical (unpaired) electrons. The number of hydrogen-bond donors (Lipinski definition) is 2. The summed E-state index contributed by atoms with van der Waals surface area (Å²) in [6.07, 6.45) is 1.68. The van der Waals surface area contributed by atoms with E-state index in [1.807, 2.05) is 32.0 Å². The SMILES string of the molecule is Cc1cc(C=Nc2ccccc2O)cc(C)c1O. The Morgan fingerprint density at radius 1 is 1.00 bits per heavy atom. The summed E-state index contributed by atoms with van der Waals surface area (Å²) in [4.78, 5) is 4.23. The average molecular weight is 241 g/mol. The fourth-order valence-electron chi connectivity index (χ4n) is 1.78. The van der Waals surface area contributed by atoms with Crippen LogP contribution in [0.2, 0.25) is 0 Å². The molecule has 0 saturated heterocycles. The van der Waals surface area contributed by atoms with Crippen LogP contribution < -0.4 is 0 Å². The van der Waals surface area contributed by atoms with E-state index in [0.29, 0.717) is 11.4 Å². The first-order valence-corrected chi connectivity index (χ1v) is 5.70. The Hall–Kier alpha value is -2.29. The first kappa shape index (κ1) is 12.2. The monoisotopic (exact) mass is 241 g/mol. The number of rotatable bonds is 2. The Balaban J connectivity index is 2.33. The molecule has 0 bridgehead atoms. The molecule has 0 saturated carbocycles. The molecule has 0 amide bonds. The van der Waals surface area contributed by atoms with Crippen LogP contribution >= 0.6 is 0 Å². The maximum Gasteiger partial charge on any atom is 0.141 e. The van der Waals surface area contributed by atoms with Gasteiger partial charge in [0.05, 0.1) is 0 Å². The molecular formula is C15H15NO2. The highest BCUT2D eigenvalue weighted by molar-refractivity contribution is 5.83. The number of phenols is 2. The van der Waals surface area contributed by atoms with Gasteiger partial charge in [-0.05, 0) is 54.8 Å². The van der Waals surface area contributed by atoms with E-state index in [2.05, 4.69) is 4.99 Å². The number of aromatic hydroxyl groups is 2. The minimum absolute atomic E-state index is 0.154. The summed E-state index contributed by atoms with van der Waals surface area (Å²) in [6.45, 7) is 3.69. The van der Waals surface area contributed by atoms with Crippen molar-refractivity contribution in [1.82, 2.24) is 0 Å². The van der Waals surface area contributed by atoms with Gasteiger partial charge in [-0.2, -0.15) is 0 Å². The summed E-state index contributed by atoms with van der Waals surface area (Å²) in [7, 11) is 0. The van der Waals surface area contributed by atoms with Gasteiger partial charge in [-0.3, -0.25) is 4.99 Å². The fourth-order valence-corrected chi connectivity index (χ4v) is 1.78. The zero-order valence-electron chi connectivity index (χ0n) is 10.4. The molecule has 2 N–H and O–H groups in total. The lowest BCUT2D eigenvalue weighted by molar-refractivity contribution is 0.467. The third-order valence-corrected chi connectivity index (χ3v) is 2.75. The summed E-state index contributed by atoms with van der Waals surface area (Å²) in [5.41, 5.74) is 3.05. The van der Waals surface area contributed by atoms with Gasteiger partial charge in [0.25, 0.3) is 0 Å². The van der Waals surface area contributed by atoms with E-state index in [0.717, 1.165) is 16.7 Å². The molecule has 0 atom stereocenters. The molecule has 0 aliphatic rings. The highest BCUT2D eigenvalue weighted by Gasteiger charge is 2.02. The number of benzene rings is 2. The second-order valence-electron chi connectivity index (χ2n) is 4.25. The minimum atomic E-state index is 0.154. The van der Waals surface area contributed by atoms with E-state index in [9.17, 15) is 10.2 Å². The van der Waals surface area contributed by atoms with Crippen LogP contribution in [0.4, 0.5) is 5.69 Å². The molecule has 3 nitrogen and oxygen atoms in total. The van der Waals surface area contributed by atoms with Crippen LogP contribution in [0.15, 0.2) is 41.4 Å². The third-order valence-electron chi connectivity index (χ3n) is 2.75. The lowest BCUT2D eigenvalue weighted by atomic mass is 10.1. The molecule has 0 aliphatic carbocycles. The van der Waals surface area contributed by atoms with Crippen LogP contribution in [0.5, 0.6) is 11.5 Å². The zero-order valence-corrected chi connectivity index (χ0v) is 10.4. The van der Waals surface area contributed by atoms with Crippen LogP contribution in [0.1, 0.15) is 16.7 Å². The van der Waals surface area contributed by atoms with E-state index in [1.165, 1.54) is 0 Å². The van der Waals surface area contributed by atoms with Gasteiger partial charge in [-0.15, -0.1) is 0 Å². The second-order valence-corrected chi connectivity index (χ2v) is 4.25. The summed E-state index contributed by atoms with van der Waals surface area (Å²) >= 11 is 0. The number of nitrogens with zero attached hydrogens (tertiary/aromatic N) is 1. The van der Waals surface area contributed by atoms with Crippen molar-refractivity contribution in [3.63, 3.8) is 0 Å². The van der Waals surface area contributed by atoms with Crippen LogP contribution in [-0.4, -0.2) is 16.4 Å². The summed E-state index contributed by atoms with van der Waals surface area (Å²) in [6, 6.07) is 10.6. The lowest BCUT2D eigenvalue weighted by Crippen LogP contribution is -1.87. The van der Waals surface area contributed by atoms with Crippen molar-refractivity contribution in [2.24, 2.45) is 4.99 Å². The number of para-hydroxylation sites is 2. The maximum absolute atomic E-state index is 9.68. The first-order chi connectivity index (χ1) is 8.58. The number of phenolic OH excluding ortho intramolecular Hbond substituents is 2. The Morgan fingerprint density at radius 3 is 2.22 bits per heavy atom. The Labute approximate surface area is 106 Å². The highest BCUT2D eigenvalue weighted by atomic mass is 16.3. The molecule has 0 unspecified atom stereocenters. The predicted molar refractivity (Wildman–Crippen MR) is 72.9 cm³/mol. The Kier molecular flexibility index (Phi) is 3.33. The highest BCUT2D eigenvalue weighted by Crippen LogP contribution is 2.26. The van der Waals surface area contributed by atoms with E-state index in [-0.39, 0.29) is 5.75 Å². The van der Waals surface area contributed by atoms with Gasteiger partial charge >= 0.3 is 0 Å². The van der Waals surface area contributed by atoms with Crippen LogP contribution in [-0.2, 0) is 0 Å². The van der Waals surface area contributed by atoms with Gasteiger partial charge in [0, 0.05) is 6.21 Å². The molecular weight excluding hydrogens is 226 g/mol. The van der Waals surface area contributed by atoms with Gasteiger partial charge in [0.1, 0.15) is 17.2 Å². The Morgan fingerprint density at radius 2 is 1.61 bits per heavy atom. The number of hydrogen-bond acceptors (Lipinski definition) is 3. The van der Waals surface area contributed by atoms with Gasteiger partial charge in [0.15, 0.2) is 0 Å². The van der Waals surface area contributed by atoms with Crippen molar-refractivity contribution in [1.29, 1.82) is 0 Å². The second kappa shape index (κ2) is 4.92. The van der Waals surface area contributed by atoms with Crippen molar-refractivity contribution >= 4 is 11.9 Å². The quantitative estimate of drug-likeness (QED) is 0.791. The molecule has 0 spiro atoms. The minimum Gasteiger partial charge on any atom is -0.507 e. The molecule has 0 aliphatic heterocycles. The van der Waals surface area contributed by atoms with E-state index >= 15 is 0 Å². The van der Waals surface area contributed by atoms with Crippen molar-refractivity contribution in [2.75, 3.05) is 0 Å². The van der Waals surface area contributed by atoms with Crippen molar-refractivity contribution in [3.05, 3.63) is 53.1 Å². The normalized spacial score (nSPS) is 11.0. The molecule has 3 heteroatoms. The molecule has 0 aromatic heterocycles. The number of aliphatic imine (C=N–C) groups is 1. The molecule has 2 rings (SSSR count). The summed E-state index contributed by atoms with van der Waals surface area (Å²) < 4.78 is 0. The van der Waals surface area contributed by atoms with Gasteiger partial charge in [-0.25, -0.2) is 0 Å². The molecule has 0 heterocycles. The van der Waals surface area contributed by atoms with Gasteiger partial charge in [0.2, 0.25) is 0 Å². The van der Waals surface area contributed by atoms with Crippen LogP contribution in [0.3, 0.4) is 0 Å². The van der Waals surface area contributed by atoms with Crippen molar-refractivity contribution < 1.29 is 10.2 Å². The lowest BCUT2D eigenvalue weighted by Gasteiger charge is -2.04. The molecule has 2 aromatic rings. The van der Waals surface area contributed by atoms with E-state index in [1.54, 1.807) is 24.4 Å². The average Bonchev–Trinajstić information content (AvgIpc) is 2.35. The molecule has 92 valence electrons. The smallest absolute Gasteiger partial charge is 0.141 e. The summed E-state index contributed by atoms with van der Waals surface area (Å²) in [5, 5.41) is 19.3. The third kappa shape index (κ3) is 2.51. The van der Waals surface area contributed by atoms with Crippen LogP contribution in [0, 0.1) is 13.8 Å².